The molecule has 0 aliphatic carbocycles. The van der Waals surface area contributed by atoms with Crippen LogP contribution >= 0.6 is 0 Å². The Balaban J connectivity index is 2.03. The first-order valence-electron chi connectivity index (χ1n) is 7.26. The van der Waals surface area contributed by atoms with E-state index in [1.165, 1.54) is 28.9 Å². The van der Waals surface area contributed by atoms with E-state index in [0.29, 0.717) is 22.4 Å². The van der Waals surface area contributed by atoms with Crippen LogP contribution in [-0.2, 0) is 6.54 Å². The van der Waals surface area contributed by atoms with Gasteiger partial charge in [-0.2, -0.15) is 5.10 Å². The van der Waals surface area contributed by atoms with Gasteiger partial charge in [-0.05, 0) is 54.4 Å². The highest BCUT2D eigenvalue weighted by molar-refractivity contribution is 5.87. The van der Waals surface area contributed by atoms with E-state index in [9.17, 15) is 13.6 Å². The Labute approximate surface area is 137 Å². The second kappa shape index (κ2) is 6.23. The van der Waals surface area contributed by atoms with Gasteiger partial charge in [0.25, 0.3) is 0 Å². The van der Waals surface area contributed by atoms with Crippen LogP contribution in [0.4, 0.5) is 8.78 Å². The van der Waals surface area contributed by atoms with Crippen molar-refractivity contribution >= 4 is 5.97 Å². The molecule has 0 amide bonds. The molecule has 0 fully saturated rings. The second-order valence-corrected chi connectivity index (χ2v) is 5.47. The van der Waals surface area contributed by atoms with E-state index in [1.807, 2.05) is 0 Å². The molecule has 0 bridgehead atoms. The van der Waals surface area contributed by atoms with Crippen molar-refractivity contribution in [1.29, 1.82) is 0 Å². The molecule has 1 heterocycles. The van der Waals surface area contributed by atoms with Crippen LogP contribution in [-0.4, -0.2) is 20.9 Å². The molecule has 3 aromatic rings. The van der Waals surface area contributed by atoms with Gasteiger partial charge >= 0.3 is 5.97 Å². The lowest BCUT2D eigenvalue weighted by atomic mass is 10.1. The average molecular weight is 328 g/mol. The minimum atomic E-state index is -1.16. The quantitative estimate of drug-likeness (QED) is 0.791. The summed E-state index contributed by atoms with van der Waals surface area (Å²) in [7, 11) is 0. The van der Waals surface area contributed by atoms with Gasteiger partial charge in [-0.15, -0.1) is 0 Å². The van der Waals surface area contributed by atoms with E-state index >= 15 is 0 Å². The van der Waals surface area contributed by atoms with Crippen LogP contribution in [0.25, 0.3) is 11.3 Å². The average Bonchev–Trinajstić information content (AvgIpc) is 2.96. The second-order valence-electron chi connectivity index (χ2n) is 5.47. The summed E-state index contributed by atoms with van der Waals surface area (Å²) in [6.45, 7) is 1.87. The van der Waals surface area contributed by atoms with Crippen LogP contribution in [0, 0.1) is 18.6 Å². The molecule has 0 atom stereocenters. The Morgan fingerprint density at radius 2 is 1.83 bits per heavy atom. The summed E-state index contributed by atoms with van der Waals surface area (Å²) in [5.74, 6) is -1.88. The molecule has 24 heavy (non-hydrogen) atoms. The number of hydrogen-bond donors (Lipinski definition) is 1. The molecular formula is C18H14F2N2O2. The molecule has 4 nitrogen and oxygen atoms in total. The van der Waals surface area contributed by atoms with Gasteiger partial charge in [-0.1, -0.05) is 12.1 Å². The third kappa shape index (κ3) is 3.17. The van der Waals surface area contributed by atoms with Crippen molar-refractivity contribution in [2.24, 2.45) is 0 Å². The minimum Gasteiger partial charge on any atom is -0.476 e. The molecule has 0 saturated carbocycles. The van der Waals surface area contributed by atoms with Crippen molar-refractivity contribution in [3.05, 3.63) is 77.0 Å². The van der Waals surface area contributed by atoms with Gasteiger partial charge in [0.1, 0.15) is 11.6 Å². The molecule has 3 rings (SSSR count). The maximum absolute atomic E-state index is 13.7. The van der Waals surface area contributed by atoms with Crippen molar-refractivity contribution in [2.75, 3.05) is 0 Å². The molecule has 1 N–H and O–H groups in total. The van der Waals surface area contributed by atoms with Crippen molar-refractivity contribution < 1.29 is 18.7 Å². The topological polar surface area (TPSA) is 55.1 Å². The SMILES string of the molecule is Cc1ccc(Cn2nc(C(=O)O)cc2-c2ccc(F)cc2)cc1F. The molecule has 2 aromatic carbocycles. The number of nitrogens with zero attached hydrogens (tertiary/aromatic N) is 2. The maximum atomic E-state index is 13.7. The number of carboxylic acid groups (broad SMARTS) is 1. The highest BCUT2D eigenvalue weighted by Crippen LogP contribution is 2.22. The van der Waals surface area contributed by atoms with E-state index in [-0.39, 0.29) is 23.9 Å². The fourth-order valence-corrected chi connectivity index (χ4v) is 2.40. The number of carbonyl (C=O) groups is 1. The first-order valence-corrected chi connectivity index (χ1v) is 7.26. The lowest BCUT2D eigenvalue weighted by molar-refractivity contribution is 0.0689. The predicted octanol–water partition coefficient (Wildman–Crippen LogP) is 3.88. The fourth-order valence-electron chi connectivity index (χ4n) is 2.40. The maximum Gasteiger partial charge on any atom is 0.356 e. The molecule has 0 unspecified atom stereocenters. The van der Waals surface area contributed by atoms with Gasteiger partial charge in [0.05, 0.1) is 12.2 Å². The number of benzene rings is 2. The number of carboxylic acids is 1. The van der Waals surface area contributed by atoms with Gasteiger partial charge in [0.15, 0.2) is 5.69 Å². The summed E-state index contributed by atoms with van der Waals surface area (Å²) >= 11 is 0. The van der Waals surface area contributed by atoms with Crippen molar-refractivity contribution in [2.45, 2.75) is 13.5 Å². The third-order valence-corrected chi connectivity index (χ3v) is 3.71. The van der Waals surface area contributed by atoms with Gasteiger partial charge in [0, 0.05) is 5.56 Å². The van der Waals surface area contributed by atoms with Crippen LogP contribution < -0.4 is 0 Å². The van der Waals surface area contributed by atoms with Crippen LogP contribution in [0.5, 0.6) is 0 Å². The van der Waals surface area contributed by atoms with E-state index in [4.69, 9.17) is 5.11 Å². The minimum absolute atomic E-state index is 0.123. The molecule has 0 radical (unpaired) electrons. The number of hydrogen-bond acceptors (Lipinski definition) is 2. The van der Waals surface area contributed by atoms with E-state index in [0.717, 1.165) is 0 Å². The van der Waals surface area contributed by atoms with Crippen LogP contribution in [0.3, 0.4) is 0 Å². The summed E-state index contributed by atoms with van der Waals surface area (Å²) in [6, 6.07) is 11.9. The smallest absolute Gasteiger partial charge is 0.356 e. The van der Waals surface area contributed by atoms with E-state index < -0.39 is 5.97 Å². The highest BCUT2D eigenvalue weighted by Gasteiger charge is 2.15. The summed E-state index contributed by atoms with van der Waals surface area (Å²) in [5, 5.41) is 13.2. The fraction of sp³-hybridized carbons (Fsp3) is 0.111. The Morgan fingerprint density at radius 1 is 1.12 bits per heavy atom. The Morgan fingerprint density at radius 3 is 2.46 bits per heavy atom. The van der Waals surface area contributed by atoms with Crippen LogP contribution in [0.15, 0.2) is 48.5 Å². The summed E-state index contributed by atoms with van der Waals surface area (Å²) in [5.41, 5.74) is 2.21. The molecule has 0 aliphatic rings. The Kier molecular flexibility index (Phi) is 4.12. The van der Waals surface area contributed by atoms with E-state index in [1.54, 1.807) is 31.2 Å². The molecule has 0 saturated heterocycles. The molecular weight excluding hydrogens is 314 g/mol. The molecule has 0 spiro atoms. The first kappa shape index (κ1) is 15.9. The summed E-state index contributed by atoms with van der Waals surface area (Å²) < 4.78 is 28.3. The number of aryl methyl sites for hydroxylation is 1. The normalized spacial score (nSPS) is 10.8. The van der Waals surface area contributed by atoms with Crippen LogP contribution in [0.2, 0.25) is 0 Å². The number of aromatic nitrogens is 2. The summed E-state index contributed by atoms with van der Waals surface area (Å²) in [6.07, 6.45) is 0. The zero-order chi connectivity index (χ0) is 17.3. The molecule has 122 valence electrons. The van der Waals surface area contributed by atoms with Gasteiger partial charge in [0.2, 0.25) is 0 Å². The molecule has 6 heteroatoms. The first-order chi connectivity index (χ1) is 11.4. The lowest BCUT2D eigenvalue weighted by Crippen LogP contribution is -2.06. The van der Waals surface area contributed by atoms with Crippen molar-refractivity contribution in [1.82, 2.24) is 9.78 Å². The van der Waals surface area contributed by atoms with Crippen LogP contribution in [0.1, 0.15) is 21.6 Å². The largest absolute Gasteiger partial charge is 0.476 e. The zero-order valence-corrected chi connectivity index (χ0v) is 12.8. The number of rotatable bonds is 4. The standard InChI is InChI=1S/C18H14F2N2O2/c1-11-2-3-12(8-15(11)20)10-22-17(9-16(21-22)18(23)24)13-4-6-14(19)7-5-13/h2-9H,10H2,1H3,(H,23,24). The van der Waals surface area contributed by atoms with Gasteiger partial charge in [-0.3, -0.25) is 4.68 Å². The Bertz CT molecular complexity index is 902. The lowest BCUT2D eigenvalue weighted by Gasteiger charge is -2.08. The summed E-state index contributed by atoms with van der Waals surface area (Å²) in [4.78, 5) is 11.2. The van der Waals surface area contributed by atoms with Crippen molar-refractivity contribution in [3.8, 4) is 11.3 Å². The highest BCUT2D eigenvalue weighted by atomic mass is 19.1. The Hall–Kier alpha value is -3.02. The van der Waals surface area contributed by atoms with E-state index in [2.05, 4.69) is 5.10 Å². The molecule has 1 aromatic heterocycles. The predicted molar refractivity (Wildman–Crippen MR) is 84.8 cm³/mol. The van der Waals surface area contributed by atoms with Gasteiger partial charge in [-0.25, -0.2) is 13.6 Å². The van der Waals surface area contributed by atoms with Gasteiger partial charge < -0.3 is 5.11 Å². The monoisotopic (exact) mass is 328 g/mol. The zero-order valence-electron chi connectivity index (χ0n) is 12.8. The number of aromatic carboxylic acids is 1. The third-order valence-electron chi connectivity index (χ3n) is 3.71. The molecule has 0 aliphatic heterocycles. The van der Waals surface area contributed by atoms with Crippen molar-refractivity contribution in [3.63, 3.8) is 0 Å². The number of halogens is 2.